The minimum Gasteiger partial charge on any atom is -0.366 e. The molecule has 0 atom stereocenters. The maximum atomic E-state index is 12.7. The van der Waals surface area contributed by atoms with E-state index in [4.69, 9.17) is 5.73 Å². The number of ketones is 1. The molecule has 0 aliphatic heterocycles. The summed E-state index contributed by atoms with van der Waals surface area (Å²) in [5.74, 6) is -1.10. The van der Waals surface area contributed by atoms with Gasteiger partial charge in [-0.3, -0.25) is 14.4 Å². The van der Waals surface area contributed by atoms with Crippen LogP contribution in [0, 0.1) is 0 Å². The molecule has 27 heavy (non-hydrogen) atoms. The second-order valence-electron chi connectivity index (χ2n) is 5.99. The summed E-state index contributed by atoms with van der Waals surface area (Å²) < 4.78 is 0. The summed E-state index contributed by atoms with van der Waals surface area (Å²) in [6, 6.07) is 22.2. The molecular weight excluding hydrogens is 340 g/mol. The Morgan fingerprint density at radius 1 is 0.741 bits per heavy atom. The minimum absolute atomic E-state index is 0.211. The molecule has 3 aromatic rings. The highest BCUT2D eigenvalue weighted by atomic mass is 16.2. The highest BCUT2D eigenvalue weighted by Crippen LogP contribution is 2.15. The third kappa shape index (κ3) is 4.27. The van der Waals surface area contributed by atoms with Crippen LogP contribution in [0.2, 0.25) is 0 Å². The molecule has 0 bridgehead atoms. The zero-order valence-electron chi connectivity index (χ0n) is 14.5. The number of hydrogen-bond donors (Lipinski definition) is 2. The topological polar surface area (TPSA) is 89.3 Å². The molecule has 5 nitrogen and oxygen atoms in total. The van der Waals surface area contributed by atoms with Gasteiger partial charge < -0.3 is 11.1 Å². The maximum Gasteiger partial charge on any atom is 0.252 e. The Labute approximate surface area is 156 Å². The zero-order chi connectivity index (χ0) is 19.2. The fourth-order valence-corrected chi connectivity index (χ4v) is 2.74. The average Bonchev–Trinajstić information content (AvgIpc) is 2.72. The van der Waals surface area contributed by atoms with Crippen molar-refractivity contribution < 1.29 is 14.4 Å². The van der Waals surface area contributed by atoms with Crippen molar-refractivity contribution in [1.29, 1.82) is 0 Å². The van der Waals surface area contributed by atoms with Crippen molar-refractivity contribution in [2.24, 2.45) is 5.73 Å². The van der Waals surface area contributed by atoms with Crippen LogP contribution in [-0.2, 0) is 6.54 Å². The molecule has 5 heteroatoms. The molecule has 134 valence electrons. The number of benzene rings is 3. The highest BCUT2D eigenvalue weighted by Gasteiger charge is 2.17. The summed E-state index contributed by atoms with van der Waals surface area (Å²) in [6.07, 6.45) is 0. The van der Waals surface area contributed by atoms with E-state index in [0.29, 0.717) is 22.3 Å². The smallest absolute Gasteiger partial charge is 0.252 e. The Morgan fingerprint density at radius 3 is 2.07 bits per heavy atom. The van der Waals surface area contributed by atoms with Gasteiger partial charge in [0, 0.05) is 23.2 Å². The van der Waals surface area contributed by atoms with Crippen molar-refractivity contribution in [2.45, 2.75) is 6.54 Å². The van der Waals surface area contributed by atoms with Crippen LogP contribution in [0.3, 0.4) is 0 Å². The van der Waals surface area contributed by atoms with E-state index in [9.17, 15) is 14.4 Å². The first-order valence-electron chi connectivity index (χ1n) is 8.42. The van der Waals surface area contributed by atoms with Crippen molar-refractivity contribution in [3.63, 3.8) is 0 Å². The van der Waals surface area contributed by atoms with Crippen LogP contribution in [0.15, 0.2) is 78.9 Å². The third-order valence-corrected chi connectivity index (χ3v) is 4.12. The quantitative estimate of drug-likeness (QED) is 0.664. The summed E-state index contributed by atoms with van der Waals surface area (Å²) in [5.41, 5.74) is 7.56. The van der Waals surface area contributed by atoms with Crippen LogP contribution in [0.5, 0.6) is 0 Å². The Morgan fingerprint density at radius 2 is 1.37 bits per heavy atom. The third-order valence-electron chi connectivity index (χ3n) is 4.12. The Kier molecular flexibility index (Phi) is 5.42. The summed E-state index contributed by atoms with van der Waals surface area (Å²) in [5, 5.41) is 2.78. The van der Waals surface area contributed by atoms with Gasteiger partial charge in [-0.15, -0.1) is 0 Å². The first-order chi connectivity index (χ1) is 13.1. The second kappa shape index (κ2) is 8.10. The monoisotopic (exact) mass is 358 g/mol. The van der Waals surface area contributed by atoms with Crippen LogP contribution in [0.1, 0.15) is 42.2 Å². The molecule has 0 heterocycles. The van der Waals surface area contributed by atoms with Crippen LogP contribution in [0.25, 0.3) is 0 Å². The van der Waals surface area contributed by atoms with Gasteiger partial charge in [0.05, 0.1) is 5.56 Å². The van der Waals surface area contributed by atoms with Gasteiger partial charge in [0.1, 0.15) is 0 Å². The lowest BCUT2D eigenvalue weighted by atomic mass is 9.98. The van der Waals surface area contributed by atoms with Gasteiger partial charge in [-0.1, -0.05) is 60.7 Å². The van der Waals surface area contributed by atoms with Crippen molar-refractivity contribution in [1.82, 2.24) is 5.32 Å². The zero-order valence-corrected chi connectivity index (χ0v) is 14.5. The maximum absolute atomic E-state index is 12.7. The molecular formula is C22H18N2O3. The normalized spacial score (nSPS) is 10.2. The van der Waals surface area contributed by atoms with E-state index in [0.717, 1.165) is 5.56 Å². The lowest BCUT2D eigenvalue weighted by Crippen LogP contribution is -2.25. The SMILES string of the molecule is NC(=O)c1cccc(CNC(=O)c2ccccc2C(=O)c2ccccc2)c1. The van der Waals surface area contributed by atoms with Gasteiger partial charge in [0.25, 0.3) is 5.91 Å². The van der Waals surface area contributed by atoms with E-state index in [1.54, 1.807) is 72.8 Å². The van der Waals surface area contributed by atoms with Crippen molar-refractivity contribution in [3.05, 3.63) is 107 Å². The molecule has 3 N–H and O–H groups in total. The number of carbonyl (C=O) groups is 3. The van der Waals surface area contributed by atoms with E-state index < -0.39 is 5.91 Å². The average molecular weight is 358 g/mol. The van der Waals surface area contributed by atoms with Gasteiger partial charge >= 0.3 is 0 Å². The number of nitrogens with one attached hydrogen (secondary N) is 1. The van der Waals surface area contributed by atoms with Crippen molar-refractivity contribution >= 4 is 17.6 Å². The fraction of sp³-hybridized carbons (Fsp3) is 0.0455. The van der Waals surface area contributed by atoms with E-state index in [1.807, 2.05) is 6.07 Å². The highest BCUT2D eigenvalue weighted by molar-refractivity contribution is 6.15. The van der Waals surface area contributed by atoms with E-state index in [1.165, 1.54) is 0 Å². The van der Waals surface area contributed by atoms with Gasteiger partial charge in [0.15, 0.2) is 5.78 Å². The number of rotatable bonds is 6. The molecule has 0 fully saturated rings. The molecule has 0 saturated heterocycles. The van der Waals surface area contributed by atoms with E-state index in [-0.39, 0.29) is 18.2 Å². The first kappa shape index (κ1) is 18.1. The van der Waals surface area contributed by atoms with Gasteiger partial charge in [-0.05, 0) is 23.8 Å². The Bertz CT molecular complexity index is 997. The second-order valence-corrected chi connectivity index (χ2v) is 5.99. The van der Waals surface area contributed by atoms with Crippen LogP contribution in [-0.4, -0.2) is 17.6 Å². The summed E-state index contributed by atoms with van der Waals surface area (Å²) in [6.45, 7) is 0.216. The molecule has 0 aliphatic carbocycles. The Balaban J connectivity index is 1.79. The lowest BCUT2D eigenvalue weighted by Gasteiger charge is -2.10. The largest absolute Gasteiger partial charge is 0.366 e. The van der Waals surface area contributed by atoms with E-state index >= 15 is 0 Å². The van der Waals surface area contributed by atoms with Crippen LogP contribution < -0.4 is 11.1 Å². The molecule has 3 aromatic carbocycles. The molecule has 2 amide bonds. The fourth-order valence-electron chi connectivity index (χ4n) is 2.74. The van der Waals surface area contributed by atoms with Gasteiger partial charge in [-0.2, -0.15) is 0 Å². The predicted octanol–water partition coefficient (Wildman–Crippen LogP) is 2.95. The molecule has 0 radical (unpaired) electrons. The minimum atomic E-state index is -0.526. The molecule has 0 unspecified atom stereocenters. The molecule has 0 saturated carbocycles. The summed E-state index contributed by atoms with van der Waals surface area (Å²) >= 11 is 0. The number of hydrogen-bond acceptors (Lipinski definition) is 3. The van der Waals surface area contributed by atoms with Crippen molar-refractivity contribution in [2.75, 3.05) is 0 Å². The summed E-state index contributed by atoms with van der Waals surface area (Å²) in [4.78, 5) is 36.6. The van der Waals surface area contributed by atoms with Crippen molar-refractivity contribution in [3.8, 4) is 0 Å². The van der Waals surface area contributed by atoms with Crippen LogP contribution in [0.4, 0.5) is 0 Å². The predicted molar refractivity (Wildman–Crippen MR) is 102 cm³/mol. The lowest BCUT2D eigenvalue weighted by molar-refractivity contribution is 0.0939. The number of nitrogens with two attached hydrogens (primary N) is 1. The summed E-state index contributed by atoms with van der Waals surface area (Å²) in [7, 11) is 0. The molecule has 0 aromatic heterocycles. The standard InChI is InChI=1S/C22H18N2O3/c23-21(26)17-10-6-7-15(13-17)14-24-22(27)19-12-5-4-11-18(19)20(25)16-8-2-1-3-9-16/h1-13H,14H2,(H2,23,26)(H,24,27). The number of primary amides is 1. The van der Waals surface area contributed by atoms with Crippen LogP contribution >= 0.6 is 0 Å². The molecule has 3 rings (SSSR count). The number of carbonyl (C=O) groups excluding carboxylic acids is 3. The van der Waals surface area contributed by atoms with E-state index in [2.05, 4.69) is 5.32 Å². The molecule has 0 spiro atoms. The van der Waals surface area contributed by atoms with Gasteiger partial charge in [-0.25, -0.2) is 0 Å². The first-order valence-corrected chi connectivity index (χ1v) is 8.42. The van der Waals surface area contributed by atoms with Gasteiger partial charge in [0.2, 0.25) is 5.91 Å². The Hall–Kier alpha value is -3.73. The number of amides is 2. The molecule has 0 aliphatic rings.